The molecule has 3 aliphatic rings. The van der Waals surface area contributed by atoms with Gasteiger partial charge in [-0.3, -0.25) is 19.8 Å². The number of anilines is 1. The fourth-order valence-electron chi connectivity index (χ4n) is 5.23. The molecule has 2 fully saturated rings. The topological polar surface area (TPSA) is 73.0 Å². The monoisotopic (exact) mass is 418 g/mol. The molecule has 0 unspecified atom stereocenters. The lowest BCUT2D eigenvalue weighted by Gasteiger charge is -2.55. The van der Waals surface area contributed by atoms with E-state index in [1.165, 1.54) is 4.90 Å². The number of para-hydroxylation sites is 1. The third-order valence-corrected chi connectivity index (χ3v) is 6.89. The standard InChI is InChI=1S/C24H26N4O3/c1-26-13-14-27-19-10-6-5-9-18(19)15-24(20(27)16-26)21(29)25-23(31)28(22(24)30)12-11-17-7-3-2-4-8-17/h2-10,20H,11-16H2,1H3,(H,25,29,31)/t20-,24-/m0/s1. The lowest BCUT2D eigenvalue weighted by atomic mass is 9.67. The van der Waals surface area contributed by atoms with Crippen LogP contribution in [0, 0.1) is 5.41 Å². The Bertz CT molecular complexity index is 1040. The van der Waals surface area contributed by atoms with Crippen LogP contribution in [0.5, 0.6) is 0 Å². The van der Waals surface area contributed by atoms with Gasteiger partial charge in [0.05, 0.1) is 6.04 Å². The van der Waals surface area contributed by atoms with Crippen molar-refractivity contribution in [2.24, 2.45) is 5.41 Å². The van der Waals surface area contributed by atoms with Crippen LogP contribution in [0.25, 0.3) is 0 Å². The summed E-state index contributed by atoms with van der Waals surface area (Å²) in [7, 11) is 2.01. The Hall–Kier alpha value is -3.19. The predicted octanol–water partition coefficient (Wildman–Crippen LogP) is 1.67. The number of barbiturate groups is 1. The van der Waals surface area contributed by atoms with E-state index in [0.717, 1.165) is 29.9 Å². The van der Waals surface area contributed by atoms with E-state index in [9.17, 15) is 14.4 Å². The molecule has 0 aromatic heterocycles. The normalized spacial score (nSPS) is 26.0. The van der Waals surface area contributed by atoms with Gasteiger partial charge in [-0.1, -0.05) is 48.5 Å². The highest BCUT2D eigenvalue weighted by atomic mass is 16.2. The Morgan fingerprint density at radius 3 is 2.55 bits per heavy atom. The van der Waals surface area contributed by atoms with E-state index in [2.05, 4.69) is 21.2 Å². The maximum Gasteiger partial charge on any atom is 0.330 e. The van der Waals surface area contributed by atoms with Gasteiger partial charge in [0.25, 0.3) is 0 Å². The van der Waals surface area contributed by atoms with E-state index in [-0.39, 0.29) is 18.5 Å². The summed E-state index contributed by atoms with van der Waals surface area (Å²) in [5, 5.41) is 2.52. The first-order valence-electron chi connectivity index (χ1n) is 10.7. The number of nitrogens with zero attached hydrogens (tertiary/aromatic N) is 3. The van der Waals surface area contributed by atoms with Crippen LogP contribution in [0.2, 0.25) is 0 Å². The molecule has 3 heterocycles. The molecule has 0 aliphatic carbocycles. The molecule has 2 aromatic rings. The zero-order chi connectivity index (χ0) is 21.6. The summed E-state index contributed by atoms with van der Waals surface area (Å²) >= 11 is 0. The maximum atomic E-state index is 13.9. The van der Waals surface area contributed by atoms with Crippen molar-refractivity contribution < 1.29 is 14.4 Å². The summed E-state index contributed by atoms with van der Waals surface area (Å²) in [5.74, 6) is -0.852. The van der Waals surface area contributed by atoms with Crippen LogP contribution in [0.3, 0.4) is 0 Å². The van der Waals surface area contributed by atoms with Crippen LogP contribution >= 0.6 is 0 Å². The SMILES string of the molecule is CN1CCN2c3ccccc3C[C@@]3(C(=O)NC(=O)N(CCc4ccccc4)C3=O)[C@@H]2C1. The Morgan fingerprint density at radius 2 is 1.74 bits per heavy atom. The molecule has 1 N–H and O–H groups in total. The van der Waals surface area contributed by atoms with E-state index in [4.69, 9.17) is 0 Å². The second-order valence-electron chi connectivity index (χ2n) is 8.70. The number of carbonyl (C=O) groups excluding carboxylic acids is 3. The molecule has 160 valence electrons. The number of urea groups is 1. The van der Waals surface area contributed by atoms with E-state index >= 15 is 0 Å². The van der Waals surface area contributed by atoms with Crippen molar-refractivity contribution in [3.63, 3.8) is 0 Å². The summed E-state index contributed by atoms with van der Waals surface area (Å²) in [6.45, 7) is 2.42. The minimum absolute atomic E-state index is 0.244. The second-order valence-corrected chi connectivity index (χ2v) is 8.70. The molecule has 2 atom stereocenters. The van der Waals surface area contributed by atoms with Crippen molar-refractivity contribution in [2.75, 3.05) is 38.1 Å². The third kappa shape index (κ3) is 3.11. The van der Waals surface area contributed by atoms with Gasteiger partial charge < -0.3 is 9.80 Å². The van der Waals surface area contributed by atoms with Crippen LogP contribution in [0.1, 0.15) is 11.1 Å². The third-order valence-electron chi connectivity index (χ3n) is 6.89. The quantitative estimate of drug-likeness (QED) is 0.768. The van der Waals surface area contributed by atoms with Crippen molar-refractivity contribution in [3.05, 3.63) is 65.7 Å². The van der Waals surface area contributed by atoms with Gasteiger partial charge in [0.15, 0.2) is 5.41 Å². The fourth-order valence-corrected chi connectivity index (χ4v) is 5.23. The zero-order valence-corrected chi connectivity index (χ0v) is 17.6. The summed E-state index contributed by atoms with van der Waals surface area (Å²) in [4.78, 5) is 45.6. The Kier molecular flexibility index (Phi) is 4.78. The van der Waals surface area contributed by atoms with Crippen molar-refractivity contribution >= 4 is 23.5 Å². The number of hydrogen-bond donors (Lipinski definition) is 1. The number of likely N-dealkylation sites (N-methyl/N-ethyl adjacent to an activating group) is 1. The molecule has 7 heteroatoms. The molecule has 0 bridgehead atoms. The number of carbonyl (C=O) groups is 3. The number of benzene rings is 2. The average Bonchev–Trinajstić information content (AvgIpc) is 2.78. The Balaban J connectivity index is 1.53. The van der Waals surface area contributed by atoms with E-state index in [1.807, 2.05) is 55.6 Å². The molecule has 0 radical (unpaired) electrons. The molecule has 1 spiro atoms. The number of rotatable bonds is 3. The first-order valence-corrected chi connectivity index (χ1v) is 10.7. The van der Waals surface area contributed by atoms with Gasteiger partial charge in [-0.2, -0.15) is 0 Å². The molecular weight excluding hydrogens is 392 g/mol. The maximum absolute atomic E-state index is 13.9. The number of amides is 4. The molecule has 4 amide bonds. The van der Waals surface area contributed by atoms with Crippen LogP contribution in [-0.4, -0.2) is 66.9 Å². The summed E-state index contributed by atoms with van der Waals surface area (Å²) in [5.41, 5.74) is 1.79. The number of imide groups is 2. The molecule has 7 nitrogen and oxygen atoms in total. The Morgan fingerprint density at radius 1 is 1.00 bits per heavy atom. The molecular formula is C24H26N4O3. The van der Waals surface area contributed by atoms with Crippen LogP contribution in [0.4, 0.5) is 10.5 Å². The molecule has 31 heavy (non-hydrogen) atoms. The highest BCUT2D eigenvalue weighted by Gasteiger charge is 2.62. The van der Waals surface area contributed by atoms with Crippen LogP contribution in [0.15, 0.2) is 54.6 Å². The van der Waals surface area contributed by atoms with Gasteiger partial charge in [0.1, 0.15) is 0 Å². The van der Waals surface area contributed by atoms with E-state index in [0.29, 0.717) is 19.4 Å². The summed E-state index contributed by atoms with van der Waals surface area (Å²) in [6, 6.07) is 16.8. The molecule has 0 saturated carbocycles. The van der Waals surface area contributed by atoms with Gasteiger partial charge in [-0.05, 0) is 37.1 Å². The number of hydrogen-bond acceptors (Lipinski definition) is 5. The average molecular weight is 418 g/mol. The lowest BCUT2D eigenvalue weighted by molar-refractivity contribution is -0.154. The summed E-state index contributed by atoms with van der Waals surface area (Å²) < 4.78 is 0. The first kappa shape index (κ1) is 19.8. The molecule has 5 rings (SSSR count). The molecule has 2 saturated heterocycles. The highest BCUT2D eigenvalue weighted by Crippen LogP contribution is 2.45. The van der Waals surface area contributed by atoms with Gasteiger partial charge >= 0.3 is 6.03 Å². The van der Waals surface area contributed by atoms with Gasteiger partial charge in [-0.15, -0.1) is 0 Å². The van der Waals surface area contributed by atoms with Crippen molar-refractivity contribution in [3.8, 4) is 0 Å². The van der Waals surface area contributed by atoms with Crippen molar-refractivity contribution in [1.82, 2.24) is 15.1 Å². The fraction of sp³-hybridized carbons (Fsp3) is 0.375. The van der Waals surface area contributed by atoms with Gasteiger partial charge in [-0.25, -0.2) is 4.79 Å². The Labute approximate surface area is 181 Å². The van der Waals surface area contributed by atoms with Crippen molar-refractivity contribution in [1.29, 1.82) is 0 Å². The number of piperazine rings is 1. The van der Waals surface area contributed by atoms with Crippen LogP contribution in [-0.2, 0) is 22.4 Å². The van der Waals surface area contributed by atoms with Gasteiger partial charge in [0, 0.05) is 31.9 Å². The highest BCUT2D eigenvalue weighted by molar-refractivity contribution is 6.20. The number of nitrogens with one attached hydrogen (secondary N) is 1. The minimum Gasteiger partial charge on any atom is -0.364 e. The largest absolute Gasteiger partial charge is 0.364 e. The number of fused-ring (bicyclic) bond motifs is 4. The summed E-state index contributed by atoms with van der Waals surface area (Å²) in [6.07, 6.45) is 0.854. The molecule has 3 aliphatic heterocycles. The zero-order valence-electron chi connectivity index (χ0n) is 17.6. The molecule has 2 aromatic carbocycles. The smallest absolute Gasteiger partial charge is 0.330 e. The predicted molar refractivity (Wildman–Crippen MR) is 117 cm³/mol. The second kappa shape index (κ2) is 7.50. The van der Waals surface area contributed by atoms with E-state index in [1.54, 1.807) is 0 Å². The van der Waals surface area contributed by atoms with Crippen LogP contribution < -0.4 is 10.2 Å². The lowest BCUT2D eigenvalue weighted by Crippen LogP contribution is -2.75. The van der Waals surface area contributed by atoms with E-state index < -0.39 is 17.4 Å². The van der Waals surface area contributed by atoms with Crippen molar-refractivity contribution in [2.45, 2.75) is 18.9 Å². The minimum atomic E-state index is -1.31. The van der Waals surface area contributed by atoms with Gasteiger partial charge in [0.2, 0.25) is 11.8 Å². The first-order chi connectivity index (χ1) is 15.0.